The number of nitrogens with zero attached hydrogens (tertiary/aromatic N) is 1. The highest BCUT2D eigenvalue weighted by molar-refractivity contribution is 6.13. The van der Waals surface area contributed by atoms with Gasteiger partial charge in [-0.3, -0.25) is 9.59 Å². The molecule has 0 spiro atoms. The fourth-order valence-electron chi connectivity index (χ4n) is 3.13. The number of aromatic nitrogens is 1. The maximum atomic E-state index is 13.1. The molecule has 3 aromatic carbocycles. The molecule has 0 saturated carbocycles. The van der Waals surface area contributed by atoms with E-state index in [9.17, 15) is 9.59 Å². The van der Waals surface area contributed by atoms with Crippen molar-refractivity contribution < 1.29 is 9.59 Å². The molecule has 0 aliphatic carbocycles. The molecular weight excluding hydrogens is 348 g/mol. The van der Waals surface area contributed by atoms with Crippen LogP contribution in [0.25, 0.3) is 22.2 Å². The van der Waals surface area contributed by atoms with Crippen LogP contribution >= 0.6 is 0 Å². The Hall–Kier alpha value is -3.79. The van der Waals surface area contributed by atoms with Crippen LogP contribution in [-0.4, -0.2) is 16.7 Å². The van der Waals surface area contributed by atoms with Crippen LogP contribution in [0, 0.1) is 0 Å². The minimum Gasteiger partial charge on any atom is -0.322 e. The van der Waals surface area contributed by atoms with E-state index in [2.05, 4.69) is 5.32 Å². The first-order valence-electron chi connectivity index (χ1n) is 8.99. The molecule has 4 aromatic rings. The molecule has 0 aliphatic rings. The lowest BCUT2D eigenvalue weighted by Gasteiger charge is -2.11. The molecule has 1 heterocycles. The second kappa shape index (κ2) is 7.45. The maximum absolute atomic E-state index is 13.1. The van der Waals surface area contributed by atoms with E-state index in [0.29, 0.717) is 16.8 Å². The summed E-state index contributed by atoms with van der Waals surface area (Å²) < 4.78 is 0. The van der Waals surface area contributed by atoms with Crippen LogP contribution in [0.15, 0.2) is 84.9 Å². The van der Waals surface area contributed by atoms with Crippen molar-refractivity contribution in [3.8, 4) is 11.3 Å². The molecule has 4 rings (SSSR count). The summed E-state index contributed by atoms with van der Waals surface area (Å²) in [5, 5.41) is 3.69. The molecule has 136 valence electrons. The molecule has 0 radical (unpaired) electrons. The lowest BCUT2D eigenvalue weighted by Crippen LogP contribution is -2.13. The summed E-state index contributed by atoms with van der Waals surface area (Å²) in [4.78, 5) is 29.4. The lowest BCUT2D eigenvalue weighted by molar-refractivity contribution is 0.101. The highest BCUT2D eigenvalue weighted by Gasteiger charge is 2.14. The van der Waals surface area contributed by atoms with E-state index in [-0.39, 0.29) is 11.7 Å². The molecular formula is C24H18N2O2. The van der Waals surface area contributed by atoms with Gasteiger partial charge in [0.05, 0.1) is 16.8 Å². The van der Waals surface area contributed by atoms with Crippen LogP contribution in [0.2, 0.25) is 0 Å². The number of Topliss-reactive ketones (excluding diaryl/α,β-unsaturated/α-hetero) is 1. The predicted molar refractivity (Wildman–Crippen MR) is 112 cm³/mol. The molecule has 0 unspecified atom stereocenters. The van der Waals surface area contributed by atoms with Gasteiger partial charge in [-0.05, 0) is 31.2 Å². The Morgan fingerprint density at radius 1 is 0.821 bits per heavy atom. The Kier molecular flexibility index (Phi) is 4.68. The van der Waals surface area contributed by atoms with E-state index in [4.69, 9.17) is 4.98 Å². The third-order valence-electron chi connectivity index (χ3n) is 4.56. The zero-order chi connectivity index (χ0) is 19.5. The number of benzene rings is 3. The summed E-state index contributed by atoms with van der Waals surface area (Å²) in [6.07, 6.45) is 0. The average molecular weight is 366 g/mol. The van der Waals surface area contributed by atoms with Gasteiger partial charge in [-0.1, -0.05) is 60.7 Å². The standard InChI is InChI=1S/C24H18N2O2/c1-16(27)18-10-7-11-19(14-18)25-24(28)21-15-23(17-8-3-2-4-9-17)26-22-13-6-5-12-20(21)22/h2-15H,1H3,(H,25,28). The van der Waals surface area contributed by atoms with Gasteiger partial charge in [0.1, 0.15) is 0 Å². The van der Waals surface area contributed by atoms with E-state index in [1.54, 1.807) is 24.3 Å². The zero-order valence-corrected chi connectivity index (χ0v) is 15.3. The van der Waals surface area contributed by atoms with Crippen molar-refractivity contribution in [1.29, 1.82) is 0 Å². The molecule has 28 heavy (non-hydrogen) atoms. The van der Waals surface area contributed by atoms with Crippen LogP contribution in [0.5, 0.6) is 0 Å². The van der Waals surface area contributed by atoms with Gasteiger partial charge >= 0.3 is 0 Å². The first-order chi connectivity index (χ1) is 13.6. The van der Waals surface area contributed by atoms with Gasteiger partial charge in [0.15, 0.2) is 5.78 Å². The van der Waals surface area contributed by atoms with Crippen LogP contribution in [-0.2, 0) is 0 Å². The second-order valence-electron chi connectivity index (χ2n) is 6.53. The maximum Gasteiger partial charge on any atom is 0.256 e. The number of nitrogens with one attached hydrogen (secondary N) is 1. The summed E-state index contributed by atoms with van der Waals surface area (Å²) in [6, 6.07) is 26.1. The van der Waals surface area contributed by atoms with Crippen molar-refractivity contribution in [3.05, 3.63) is 96.1 Å². The van der Waals surface area contributed by atoms with Gasteiger partial charge in [-0.15, -0.1) is 0 Å². The highest BCUT2D eigenvalue weighted by Crippen LogP contribution is 2.25. The van der Waals surface area contributed by atoms with Crippen molar-refractivity contribution in [2.75, 3.05) is 5.32 Å². The number of ketones is 1. The summed E-state index contributed by atoms with van der Waals surface area (Å²) in [5.41, 5.74) is 4.12. The molecule has 0 aliphatic heterocycles. The van der Waals surface area contributed by atoms with E-state index in [1.165, 1.54) is 6.92 Å². The van der Waals surface area contributed by atoms with Crippen LogP contribution in [0.3, 0.4) is 0 Å². The molecule has 1 N–H and O–H groups in total. The number of fused-ring (bicyclic) bond motifs is 1. The number of pyridine rings is 1. The van der Waals surface area contributed by atoms with Gasteiger partial charge in [-0.2, -0.15) is 0 Å². The number of para-hydroxylation sites is 1. The minimum atomic E-state index is -0.239. The Bertz CT molecular complexity index is 1180. The third kappa shape index (κ3) is 3.53. The Morgan fingerprint density at radius 3 is 2.36 bits per heavy atom. The summed E-state index contributed by atoms with van der Waals surface area (Å²) in [6.45, 7) is 1.50. The fourth-order valence-corrected chi connectivity index (χ4v) is 3.13. The molecule has 0 fully saturated rings. The van der Waals surface area contributed by atoms with Gasteiger partial charge in [0, 0.05) is 22.2 Å². The SMILES string of the molecule is CC(=O)c1cccc(NC(=O)c2cc(-c3ccccc3)nc3ccccc23)c1. The highest BCUT2D eigenvalue weighted by atomic mass is 16.1. The number of carbonyl (C=O) groups excluding carboxylic acids is 2. The van der Waals surface area contributed by atoms with Crippen molar-refractivity contribution in [2.24, 2.45) is 0 Å². The molecule has 0 atom stereocenters. The Morgan fingerprint density at radius 2 is 1.57 bits per heavy atom. The lowest BCUT2D eigenvalue weighted by atomic mass is 10.0. The Labute approximate surface area is 162 Å². The van der Waals surface area contributed by atoms with Gasteiger partial charge in [0.25, 0.3) is 5.91 Å². The number of anilines is 1. The van der Waals surface area contributed by atoms with Crippen molar-refractivity contribution in [3.63, 3.8) is 0 Å². The number of rotatable bonds is 4. The number of carbonyl (C=O) groups is 2. The first-order valence-corrected chi connectivity index (χ1v) is 8.99. The van der Waals surface area contributed by atoms with E-state index in [1.807, 2.05) is 60.7 Å². The molecule has 4 nitrogen and oxygen atoms in total. The van der Waals surface area contributed by atoms with Crippen molar-refractivity contribution in [2.45, 2.75) is 6.92 Å². The number of hydrogen-bond donors (Lipinski definition) is 1. The van der Waals surface area contributed by atoms with Crippen LogP contribution in [0.4, 0.5) is 5.69 Å². The van der Waals surface area contributed by atoms with Crippen LogP contribution in [0.1, 0.15) is 27.6 Å². The first kappa shape index (κ1) is 17.6. The second-order valence-corrected chi connectivity index (χ2v) is 6.53. The smallest absolute Gasteiger partial charge is 0.256 e. The monoisotopic (exact) mass is 366 g/mol. The van der Waals surface area contributed by atoms with Crippen molar-refractivity contribution in [1.82, 2.24) is 4.98 Å². The van der Waals surface area contributed by atoms with Gasteiger partial charge in [-0.25, -0.2) is 4.98 Å². The summed E-state index contributed by atoms with van der Waals surface area (Å²) in [5.74, 6) is -0.284. The molecule has 4 heteroatoms. The van der Waals surface area contributed by atoms with Gasteiger partial charge in [0.2, 0.25) is 0 Å². The number of amides is 1. The molecule has 1 amide bonds. The molecule has 0 bridgehead atoms. The predicted octanol–water partition coefficient (Wildman–Crippen LogP) is 5.36. The fraction of sp³-hybridized carbons (Fsp3) is 0.0417. The Balaban J connectivity index is 1.78. The third-order valence-corrected chi connectivity index (χ3v) is 4.56. The molecule has 0 saturated heterocycles. The average Bonchev–Trinajstić information content (AvgIpc) is 2.73. The van der Waals surface area contributed by atoms with Crippen molar-refractivity contribution >= 4 is 28.3 Å². The quantitative estimate of drug-likeness (QED) is 0.495. The van der Waals surface area contributed by atoms with Crippen LogP contribution < -0.4 is 5.32 Å². The normalized spacial score (nSPS) is 10.6. The zero-order valence-electron chi connectivity index (χ0n) is 15.3. The number of hydrogen-bond acceptors (Lipinski definition) is 3. The summed E-state index contributed by atoms with van der Waals surface area (Å²) >= 11 is 0. The van der Waals surface area contributed by atoms with E-state index < -0.39 is 0 Å². The topological polar surface area (TPSA) is 59.1 Å². The van der Waals surface area contributed by atoms with Gasteiger partial charge < -0.3 is 5.32 Å². The van der Waals surface area contributed by atoms with E-state index >= 15 is 0 Å². The molecule has 1 aromatic heterocycles. The summed E-state index contributed by atoms with van der Waals surface area (Å²) in [7, 11) is 0. The van der Waals surface area contributed by atoms with E-state index in [0.717, 1.165) is 22.2 Å². The minimum absolute atomic E-state index is 0.0446. The largest absolute Gasteiger partial charge is 0.322 e.